The van der Waals surface area contributed by atoms with E-state index >= 15 is 0 Å². The molecule has 2 aromatic heterocycles. The van der Waals surface area contributed by atoms with Crippen molar-refractivity contribution in [3.05, 3.63) is 78.4 Å². The number of aromatic nitrogens is 2. The van der Waals surface area contributed by atoms with Crippen molar-refractivity contribution in [1.82, 2.24) is 9.97 Å². The van der Waals surface area contributed by atoms with Crippen molar-refractivity contribution < 1.29 is 0 Å². The number of nitrogen functional groups attached to an aromatic ring is 1. The predicted molar refractivity (Wildman–Crippen MR) is 84.3 cm³/mol. The summed E-state index contributed by atoms with van der Waals surface area (Å²) in [6, 6.07) is 15.3. The first-order valence-corrected chi connectivity index (χ1v) is 6.55. The second-order valence-corrected chi connectivity index (χ2v) is 4.54. The van der Waals surface area contributed by atoms with E-state index in [1.165, 1.54) is 0 Å². The predicted octanol–water partition coefficient (Wildman–Crippen LogP) is 3.13. The zero-order valence-corrected chi connectivity index (χ0v) is 11.3. The molecular weight excluding hydrogens is 258 g/mol. The van der Waals surface area contributed by atoms with Gasteiger partial charge < -0.3 is 5.73 Å². The number of hydrogen-bond donors (Lipinski definition) is 1. The topological polar surface area (TPSA) is 51.8 Å². The molecule has 2 heterocycles. The van der Waals surface area contributed by atoms with E-state index in [0.717, 1.165) is 28.1 Å². The summed E-state index contributed by atoms with van der Waals surface area (Å²) in [5, 5.41) is 0. The van der Waals surface area contributed by atoms with Gasteiger partial charge in [0.2, 0.25) is 0 Å². The maximum atomic E-state index is 5.65. The first-order chi connectivity index (χ1) is 10.3. The molecule has 0 bridgehead atoms. The van der Waals surface area contributed by atoms with Gasteiger partial charge in [0.25, 0.3) is 0 Å². The molecule has 0 aliphatic heterocycles. The third kappa shape index (κ3) is 3.26. The van der Waals surface area contributed by atoms with Crippen LogP contribution in [-0.2, 0) is 0 Å². The van der Waals surface area contributed by atoms with E-state index < -0.39 is 0 Å². The molecule has 0 saturated carbocycles. The maximum Gasteiger partial charge on any atom is 0.114 e. The van der Waals surface area contributed by atoms with Gasteiger partial charge in [0, 0.05) is 35.4 Å². The minimum atomic E-state index is 0.730. The van der Waals surface area contributed by atoms with E-state index in [0.29, 0.717) is 0 Å². The Bertz CT molecular complexity index is 797. The van der Waals surface area contributed by atoms with Crippen LogP contribution in [0.1, 0.15) is 11.3 Å². The summed E-state index contributed by atoms with van der Waals surface area (Å²) in [5.41, 5.74) is 10.1. The normalized spacial score (nSPS) is 9.71. The summed E-state index contributed by atoms with van der Waals surface area (Å²) in [6.07, 6.45) is 5.34. The van der Waals surface area contributed by atoms with Crippen molar-refractivity contribution in [1.29, 1.82) is 0 Å². The fraction of sp³-hybridized carbons (Fsp3) is 0. The van der Waals surface area contributed by atoms with Crippen LogP contribution in [0.2, 0.25) is 0 Å². The third-order valence-electron chi connectivity index (χ3n) is 3.00. The molecule has 21 heavy (non-hydrogen) atoms. The van der Waals surface area contributed by atoms with Crippen molar-refractivity contribution in [2.45, 2.75) is 0 Å². The number of hydrogen-bond acceptors (Lipinski definition) is 3. The van der Waals surface area contributed by atoms with Crippen molar-refractivity contribution in [2.75, 3.05) is 5.73 Å². The molecular formula is C18H13N3. The third-order valence-corrected chi connectivity index (χ3v) is 3.00. The molecule has 0 aliphatic carbocycles. The lowest BCUT2D eigenvalue weighted by Gasteiger charge is -2.00. The van der Waals surface area contributed by atoms with Gasteiger partial charge >= 0.3 is 0 Å². The monoisotopic (exact) mass is 271 g/mol. The van der Waals surface area contributed by atoms with Crippen LogP contribution in [0.15, 0.2) is 67.1 Å². The molecule has 0 aliphatic rings. The Labute approximate surface area is 123 Å². The van der Waals surface area contributed by atoms with Gasteiger partial charge in [-0.2, -0.15) is 0 Å². The molecule has 3 aromatic rings. The van der Waals surface area contributed by atoms with Crippen LogP contribution in [0.3, 0.4) is 0 Å². The summed E-state index contributed by atoms with van der Waals surface area (Å²) in [4.78, 5) is 8.40. The van der Waals surface area contributed by atoms with Crippen molar-refractivity contribution in [3.8, 4) is 23.0 Å². The van der Waals surface area contributed by atoms with Crippen molar-refractivity contribution in [2.24, 2.45) is 0 Å². The summed E-state index contributed by atoms with van der Waals surface area (Å²) < 4.78 is 0. The highest BCUT2D eigenvalue weighted by molar-refractivity contribution is 5.63. The Balaban J connectivity index is 1.89. The fourth-order valence-electron chi connectivity index (χ4n) is 1.91. The molecule has 3 rings (SSSR count). The lowest BCUT2D eigenvalue weighted by molar-refractivity contribution is 1.28. The minimum Gasteiger partial charge on any atom is -0.399 e. The van der Waals surface area contributed by atoms with Crippen LogP contribution in [0.4, 0.5) is 5.69 Å². The smallest absolute Gasteiger partial charge is 0.114 e. The fourth-order valence-corrected chi connectivity index (χ4v) is 1.91. The molecule has 0 spiro atoms. The molecule has 0 amide bonds. The van der Waals surface area contributed by atoms with Gasteiger partial charge in [-0.25, -0.2) is 4.98 Å². The number of nitrogens with zero attached hydrogens (tertiary/aromatic N) is 2. The first kappa shape index (κ1) is 12.9. The van der Waals surface area contributed by atoms with Gasteiger partial charge in [-0.3, -0.25) is 4.98 Å². The number of benzene rings is 1. The molecule has 3 nitrogen and oxygen atoms in total. The van der Waals surface area contributed by atoms with E-state index in [-0.39, 0.29) is 0 Å². The molecule has 0 radical (unpaired) electrons. The molecule has 2 N–H and O–H groups in total. The molecule has 0 fully saturated rings. The van der Waals surface area contributed by atoms with Crippen LogP contribution in [0, 0.1) is 11.8 Å². The van der Waals surface area contributed by atoms with Crippen molar-refractivity contribution in [3.63, 3.8) is 0 Å². The number of anilines is 1. The van der Waals surface area contributed by atoms with E-state index in [1.54, 1.807) is 12.4 Å². The Hall–Kier alpha value is -3.12. The number of nitrogens with two attached hydrogens (primary N) is 1. The molecule has 100 valence electrons. The second-order valence-electron chi connectivity index (χ2n) is 4.54. The molecule has 3 heteroatoms. The van der Waals surface area contributed by atoms with Gasteiger partial charge in [-0.15, -0.1) is 0 Å². The van der Waals surface area contributed by atoms with Gasteiger partial charge in [-0.05, 0) is 53.9 Å². The van der Waals surface area contributed by atoms with Crippen LogP contribution in [0.25, 0.3) is 11.1 Å². The summed E-state index contributed by atoms with van der Waals surface area (Å²) in [6.45, 7) is 0. The quantitative estimate of drug-likeness (QED) is 0.546. The Morgan fingerprint density at radius 3 is 2.48 bits per heavy atom. The van der Waals surface area contributed by atoms with Crippen LogP contribution in [0.5, 0.6) is 0 Å². The van der Waals surface area contributed by atoms with E-state index in [1.807, 2.05) is 54.7 Å². The van der Waals surface area contributed by atoms with Crippen LogP contribution >= 0.6 is 0 Å². The van der Waals surface area contributed by atoms with Crippen LogP contribution in [-0.4, -0.2) is 9.97 Å². The largest absolute Gasteiger partial charge is 0.399 e. The Morgan fingerprint density at radius 1 is 0.857 bits per heavy atom. The number of rotatable bonds is 1. The average molecular weight is 271 g/mol. The van der Waals surface area contributed by atoms with Crippen LogP contribution < -0.4 is 5.73 Å². The summed E-state index contributed by atoms with van der Waals surface area (Å²) >= 11 is 0. The lowest BCUT2D eigenvalue weighted by Crippen LogP contribution is -1.86. The van der Waals surface area contributed by atoms with E-state index in [2.05, 4.69) is 21.8 Å². The SMILES string of the molecule is Nc1ccc(C#Cc2cc(-c3cccnc3)ccn2)cc1. The molecule has 1 aromatic carbocycles. The van der Waals surface area contributed by atoms with Gasteiger partial charge in [0.1, 0.15) is 5.69 Å². The molecule has 0 atom stereocenters. The van der Waals surface area contributed by atoms with Gasteiger partial charge in [-0.1, -0.05) is 12.0 Å². The highest BCUT2D eigenvalue weighted by Gasteiger charge is 1.98. The Kier molecular flexibility index (Phi) is 3.62. The second kappa shape index (κ2) is 5.89. The standard InChI is InChI=1S/C18H13N3/c19-17-6-3-14(4-7-17)5-8-18-12-15(9-11-21-18)16-2-1-10-20-13-16/h1-4,6-7,9-13H,19H2. The highest BCUT2D eigenvalue weighted by atomic mass is 14.7. The molecule has 0 unspecified atom stereocenters. The highest BCUT2D eigenvalue weighted by Crippen LogP contribution is 2.17. The zero-order chi connectivity index (χ0) is 14.5. The lowest BCUT2D eigenvalue weighted by atomic mass is 10.1. The average Bonchev–Trinajstić information content (AvgIpc) is 2.55. The van der Waals surface area contributed by atoms with E-state index in [4.69, 9.17) is 5.73 Å². The summed E-state index contributed by atoms with van der Waals surface area (Å²) in [5.74, 6) is 6.15. The van der Waals surface area contributed by atoms with Crippen molar-refractivity contribution >= 4 is 5.69 Å². The first-order valence-electron chi connectivity index (χ1n) is 6.55. The summed E-state index contributed by atoms with van der Waals surface area (Å²) in [7, 11) is 0. The maximum absolute atomic E-state index is 5.65. The molecule has 0 saturated heterocycles. The zero-order valence-electron chi connectivity index (χ0n) is 11.3. The number of pyridine rings is 2. The van der Waals surface area contributed by atoms with Gasteiger partial charge in [0.15, 0.2) is 0 Å². The van der Waals surface area contributed by atoms with Gasteiger partial charge in [0.05, 0.1) is 0 Å². The Morgan fingerprint density at radius 2 is 1.71 bits per heavy atom. The minimum absolute atomic E-state index is 0.730. The van der Waals surface area contributed by atoms with E-state index in [9.17, 15) is 0 Å².